The van der Waals surface area contributed by atoms with Crippen LogP contribution in [0.1, 0.15) is 53.5 Å². The molecule has 2 aliphatic rings. The van der Waals surface area contributed by atoms with E-state index in [0.717, 1.165) is 42.4 Å². The van der Waals surface area contributed by atoms with Crippen molar-refractivity contribution in [2.45, 2.75) is 69.2 Å². The van der Waals surface area contributed by atoms with Gasteiger partial charge in [0.15, 0.2) is 0 Å². The van der Waals surface area contributed by atoms with Gasteiger partial charge < -0.3 is 0 Å². The van der Waals surface area contributed by atoms with E-state index in [-0.39, 0.29) is 16.8 Å². The summed E-state index contributed by atoms with van der Waals surface area (Å²) < 4.78 is 58.2. The summed E-state index contributed by atoms with van der Waals surface area (Å²) in [4.78, 5) is 0.247. The minimum atomic E-state index is -3.92. The molecule has 0 saturated heterocycles. The van der Waals surface area contributed by atoms with E-state index in [9.17, 15) is 17.2 Å². The molecule has 3 aromatic carbocycles. The third kappa shape index (κ3) is 4.36. The maximum absolute atomic E-state index is 14.5. The van der Waals surface area contributed by atoms with Crippen molar-refractivity contribution in [1.82, 2.24) is 0 Å². The molecule has 0 spiro atoms. The molecule has 0 radical (unpaired) electrons. The van der Waals surface area contributed by atoms with Crippen molar-refractivity contribution in [2.24, 2.45) is 0 Å². The fourth-order valence-electron chi connectivity index (χ4n) is 5.34. The van der Waals surface area contributed by atoms with E-state index in [4.69, 9.17) is 0 Å². The zero-order valence-electron chi connectivity index (χ0n) is 19.4. The van der Waals surface area contributed by atoms with Crippen molar-refractivity contribution in [2.75, 3.05) is 4.31 Å². The second-order valence-electron chi connectivity index (χ2n) is 9.54. The van der Waals surface area contributed by atoms with E-state index >= 15 is 0 Å². The Labute approximate surface area is 200 Å². The van der Waals surface area contributed by atoms with Gasteiger partial charge in [-0.15, -0.1) is 0 Å². The Bertz CT molecular complexity index is 1340. The minimum Gasteiger partial charge on any atom is -0.263 e. The normalized spacial score (nSPS) is 17.9. The summed E-state index contributed by atoms with van der Waals surface area (Å²) in [6.07, 6.45) is 6.16. The summed E-state index contributed by atoms with van der Waals surface area (Å²) in [7, 11) is -3.92. The Balaban J connectivity index is 1.53. The molecule has 0 N–H and O–H groups in total. The lowest BCUT2D eigenvalue weighted by atomic mass is 9.92. The van der Waals surface area contributed by atoms with Crippen LogP contribution in [0.2, 0.25) is 0 Å². The average Bonchev–Trinajstić information content (AvgIpc) is 2.82. The second-order valence-corrected chi connectivity index (χ2v) is 11.4. The van der Waals surface area contributed by atoms with E-state index in [1.165, 1.54) is 28.1 Å². The highest BCUT2D eigenvalue weighted by atomic mass is 32.2. The monoisotopic (exact) mass is 481 g/mol. The molecule has 1 atom stereocenters. The minimum absolute atomic E-state index is 0.247. The summed E-state index contributed by atoms with van der Waals surface area (Å²) in [5.74, 6) is -0.735. The molecular weight excluding hydrogens is 452 g/mol. The Kier molecular flexibility index (Phi) is 6.19. The van der Waals surface area contributed by atoms with Crippen LogP contribution in [0.5, 0.6) is 0 Å². The van der Waals surface area contributed by atoms with Crippen molar-refractivity contribution < 1.29 is 17.2 Å². The summed E-state index contributed by atoms with van der Waals surface area (Å²) >= 11 is 0. The lowest BCUT2D eigenvalue weighted by Gasteiger charge is -2.38. The number of sulfonamides is 1. The van der Waals surface area contributed by atoms with E-state index in [0.29, 0.717) is 36.9 Å². The van der Waals surface area contributed by atoms with Crippen LogP contribution >= 0.6 is 0 Å². The number of fused-ring (bicyclic) bond motifs is 2. The van der Waals surface area contributed by atoms with Crippen LogP contribution in [0.4, 0.5) is 14.5 Å². The van der Waals surface area contributed by atoms with Crippen LogP contribution in [0.15, 0.2) is 59.5 Å². The van der Waals surface area contributed by atoms with Gasteiger partial charge in [0.05, 0.1) is 10.6 Å². The van der Waals surface area contributed by atoms with Gasteiger partial charge in [0.25, 0.3) is 10.0 Å². The summed E-state index contributed by atoms with van der Waals surface area (Å²) in [6, 6.07) is 14.5. The fourth-order valence-corrected chi connectivity index (χ4v) is 7.13. The number of anilines is 1. The molecule has 0 saturated carbocycles. The van der Waals surface area contributed by atoms with Gasteiger partial charge in [-0.2, -0.15) is 0 Å². The first-order valence-electron chi connectivity index (χ1n) is 12.0. The lowest BCUT2D eigenvalue weighted by Crippen LogP contribution is -2.44. The standard InChI is InChI=1S/C28H29F2NO2S/c1-19-6-7-21(27(30)16-19)9-13-25-14-10-22-8-12-24(29)18-28(22)31(25)34(32,33)26-15-11-20-4-2-3-5-23(20)17-26/h6-8,11-12,15-18,25H,2-5,9-10,13-14H2,1H3. The number of halogens is 2. The highest BCUT2D eigenvalue weighted by molar-refractivity contribution is 7.92. The molecule has 3 nitrogen and oxygen atoms in total. The Morgan fingerprint density at radius 1 is 0.882 bits per heavy atom. The SMILES string of the molecule is Cc1ccc(CCC2CCc3ccc(F)cc3N2S(=O)(=O)c2ccc3c(c2)CCCC3)c(F)c1. The maximum atomic E-state index is 14.5. The summed E-state index contributed by atoms with van der Waals surface area (Å²) in [5, 5.41) is 0. The average molecular weight is 482 g/mol. The molecule has 6 heteroatoms. The quantitative estimate of drug-likeness (QED) is 0.429. The third-order valence-corrected chi connectivity index (χ3v) is 9.06. The first kappa shape index (κ1) is 23.0. The molecular formula is C28H29F2NO2S. The predicted octanol–water partition coefficient (Wildman–Crippen LogP) is 6.29. The molecule has 1 aliphatic carbocycles. The van der Waals surface area contributed by atoms with Crippen molar-refractivity contribution in [3.63, 3.8) is 0 Å². The van der Waals surface area contributed by atoms with E-state index in [1.54, 1.807) is 24.3 Å². The molecule has 1 aliphatic heterocycles. The van der Waals surface area contributed by atoms with Gasteiger partial charge in [0.1, 0.15) is 11.6 Å². The number of hydrogen-bond donors (Lipinski definition) is 0. The Morgan fingerprint density at radius 2 is 1.65 bits per heavy atom. The number of nitrogens with zero attached hydrogens (tertiary/aromatic N) is 1. The van der Waals surface area contributed by atoms with E-state index in [2.05, 4.69) is 0 Å². The molecule has 1 unspecified atom stereocenters. The first-order valence-corrected chi connectivity index (χ1v) is 13.5. The zero-order valence-corrected chi connectivity index (χ0v) is 20.2. The highest BCUT2D eigenvalue weighted by Gasteiger charge is 2.36. The van der Waals surface area contributed by atoms with Crippen LogP contribution in [0, 0.1) is 18.6 Å². The van der Waals surface area contributed by atoms with Gasteiger partial charge in [-0.25, -0.2) is 17.2 Å². The molecule has 1 heterocycles. The van der Waals surface area contributed by atoms with Crippen molar-refractivity contribution in [3.05, 3.63) is 94.0 Å². The largest absolute Gasteiger partial charge is 0.264 e. The summed E-state index contributed by atoms with van der Waals surface area (Å²) in [6.45, 7) is 1.84. The highest BCUT2D eigenvalue weighted by Crippen LogP contribution is 2.38. The lowest BCUT2D eigenvalue weighted by molar-refractivity contribution is 0.515. The van der Waals surface area contributed by atoms with Gasteiger partial charge in [-0.1, -0.05) is 24.3 Å². The topological polar surface area (TPSA) is 37.4 Å². The zero-order chi connectivity index (χ0) is 23.9. The van der Waals surface area contributed by atoms with Crippen molar-refractivity contribution >= 4 is 15.7 Å². The van der Waals surface area contributed by atoms with Crippen LogP contribution < -0.4 is 4.31 Å². The van der Waals surface area contributed by atoms with Crippen LogP contribution in [-0.2, 0) is 35.7 Å². The summed E-state index contributed by atoms with van der Waals surface area (Å²) in [5.41, 5.74) is 4.93. The molecule has 0 bridgehead atoms. The van der Waals surface area contributed by atoms with Crippen LogP contribution in [0.3, 0.4) is 0 Å². The molecule has 0 amide bonds. The molecule has 178 valence electrons. The van der Waals surface area contributed by atoms with Crippen LogP contribution in [-0.4, -0.2) is 14.5 Å². The molecule has 3 aromatic rings. The van der Waals surface area contributed by atoms with Gasteiger partial charge >= 0.3 is 0 Å². The third-order valence-electron chi connectivity index (χ3n) is 7.20. The second kappa shape index (κ2) is 9.14. The number of benzene rings is 3. The van der Waals surface area contributed by atoms with Gasteiger partial charge in [-0.05, 0) is 116 Å². The van der Waals surface area contributed by atoms with Crippen molar-refractivity contribution in [1.29, 1.82) is 0 Å². The molecule has 0 aromatic heterocycles. The number of aryl methyl sites for hydroxylation is 5. The van der Waals surface area contributed by atoms with Crippen LogP contribution in [0.25, 0.3) is 0 Å². The number of rotatable bonds is 5. The smallest absolute Gasteiger partial charge is 0.263 e. The maximum Gasteiger partial charge on any atom is 0.264 e. The Hall–Kier alpha value is -2.73. The van der Waals surface area contributed by atoms with Gasteiger partial charge in [0.2, 0.25) is 0 Å². The van der Waals surface area contributed by atoms with Gasteiger partial charge in [-0.3, -0.25) is 4.31 Å². The van der Waals surface area contributed by atoms with Gasteiger partial charge in [0, 0.05) is 6.04 Å². The van der Waals surface area contributed by atoms with E-state index in [1.807, 2.05) is 19.1 Å². The predicted molar refractivity (Wildman–Crippen MR) is 131 cm³/mol. The number of hydrogen-bond acceptors (Lipinski definition) is 2. The van der Waals surface area contributed by atoms with E-state index < -0.39 is 15.8 Å². The molecule has 5 rings (SSSR count). The fraction of sp³-hybridized carbons (Fsp3) is 0.357. The Morgan fingerprint density at radius 3 is 2.44 bits per heavy atom. The molecule has 0 fully saturated rings. The first-order chi connectivity index (χ1) is 16.3. The van der Waals surface area contributed by atoms with Crippen molar-refractivity contribution in [3.8, 4) is 0 Å². The molecule has 34 heavy (non-hydrogen) atoms.